The summed E-state index contributed by atoms with van der Waals surface area (Å²) in [4.78, 5) is 53.1. The smallest absolute Gasteiger partial charge is 0.291 e. The van der Waals surface area contributed by atoms with E-state index in [0.29, 0.717) is 47.8 Å². The molecule has 13 heteroatoms. The molecule has 4 heterocycles. The van der Waals surface area contributed by atoms with Crippen LogP contribution < -0.4 is 24.8 Å². The van der Waals surface area contributed by atoms with Crippen LogP contribution in [-0.4, -0.2) is 76.8 Å². The van der Waals surface area contributed by atoms with Gasteiger partial charge in [-0.2, -0.15) is 0 Å². The topological polar surface area (TPSA) is 152 Å². The summed E-state index contributed by atoms with van der Waals surface area (Å²) in [5, 5.41) is 6.66. The number of hydrogen-bond acceptors (Lipinski definition) is 8. The van der Waals surface area contributed by atoms with Crippen molar-refractivity contribution in [2.24, 2.45) is 12.0 Å². The first-order chi connectivity index (χ1) is 24.7. The average Bonchev–Trinajstić information content (AvgIpc) is 3.82. The van der Waals surface area contributed by atoms with Gasteiger partial charge in [-0.1, -0.05) is 24.3 Å². The number of fused-ring (bicyclic) bond motifs is 3. The molecule has 0 radical (unpaired) electrons. The second-order valence-corrected chi connectivity index (χ2v) is 12.5. The fraction of sp³-hybridized carbons (Fsp3) is 0.237. The Labute approximate surface area is 293 Å². The minimum Gasteiger partial charge on any atom is -0.497 e. The molecule has 2 aliphatic rings. The monoisotopic (exact) mass is 687 g/mol. The molecular weight excluding hydrogens is 650 g/mol. The van der Waals surface area contributed by atoms with Crippen LogP contribution in [0.3, 0.4) is 0 Å². The summed E-state index contributed by atoms with van der Waals surface area (Å²) in [5.41, 5.74) is 5.46. The third-order valence-electron chi connectivity index (χ3n) is 8.89. The zero-order valence-electron chi connectivity index (χ0n) is 28.5. The van der Waals surface area contributed by atoms with Crippen molar-refractivity contribution in [1.29, 1.82) is 0 Å². The SMILES string of the molecule is C=C1CC2C=Nc3cc(OCCCC(=O)Nc4cn(C)c(C(=O)Nc5ccc(-c6cc7cc(OC)ccc7[nH]6)cc5)n4)c(OC)cc3C(=O)N2C1. The Bertz CT molecular complexity index is 2200. The third-order valence-corrected chi connectivity index (χ3v) is 8.89. The lowest BCUT2D eigenvalue weighted by Gasteiger charge is -2.20. The first-order valence-corrected chi connectivity index (χ1v) is 16.5. The predicted molar refractivity (Wildman–Crippen MR) is 195 cm³/mol. The van der Waals surface area contributed by atoms with E-state index in [0.717, 1.165) is 33.5 Å². The number of carbonyl (C=O) groups is 3. The average molecular weight is 688 g/mol. The highest BCUT2D eigenvalue weighted by Crippen LogP contribution is 2.38. The van der Waals surface area contributed by atoms with Crippen LogP contribution in [0.5, 0.6) is 17.2 Å². The minimum absolute atomic E-state index is 0.114. The first kappa shape index (κ1) is 33.1. The molecule has 3 amide bonds. The predicted octanol–water partition coefficient (Wildman–Crippen LogP) is 6.12. The normalized spacial score (nSPS) is 15.0. The lowest BCUT2D eigenvalue weighted by molar-refractivity contribution is -0.116. The van der Waals surface area contributed by atoms with E-state index in [-0.39, 0.29) is 42.5 Å². The molecule has 0 spiro atoms. The fourth-order valence-corrected chi connectivity index (χ4v) is 6.28. The maximum Gasteiger partial charge on any atom is 0.291 e. The Morgan fingerprint density at radius 3 is 2.63 bits per heavy atom. The Balaban J connectivity index is 0.912. The van der Waals surface area contributed by atoms with Crippen molar-refractivity contribution in [3.8, 4) is 28.5 Å². The van der Waals surface area contributed by atoms with Gasteiger partial charge in [-0.05, 0) is 60.9 Å². The van der Waals surface area contributed by atoms with Gasteiger partial charge in [0.15, 0.2) is 17.3 Å². The Kier molecular flexibility index (Phi) is 9.01. The number of aliphatic imine (C=N–C) groups is 1. The zero-order valence-corrected chi connectivity index (χ0v) is 28.5. The molecule has 1 saturated heterocycles. The molecule has 1 unspecified atom stereocenters. The largest absolute Gasteiger partial charge is 0.497 e. The quantitative estimate of drug-likeness (QED) is 0.112. The molecule has 2 aliphatic heterocycles. The zero-order chi connectivity index (χ0) is 35.6. The Hall–Kier alpha value is -6.37. The van der Waals surface area contributed by atoms with Gasteiger partial charge in [0.25, 0.3) is 11.8 Å². The van der Waals surface area contributed by atoms with Gasteiger partial charge in [0.05, 0.1) is 38.1 Å². The number of carbonyl (C=O) groups excluding carboxylic acids is 3. The molecule has 0 saturated carbocycles. The van der Waals surface area contributed by atoms with E-state index in [9.17, 15) is 14.4 Å². The number of ether oxygens (including phenoxy) is 3. The number of aryl methyl sites for hydroxylation is 1. The van der Waals surface area contributed by atoms with Gasteiger partial charge in [-0.25, -0.2) is 4.98 Å². The highest BCUT2D eigenvalue weighted by Gasteiger charge is 2.34. The third kappa shape index (κ3) is 6.91. The van der Waals surface area contributed by atoms with Crippen LogP contribution in [0.2, 0.25) is 0 Å². The number of methoxy groups -OCH3 is 2. The van der Waals surface area contributed by atoms with Crippen LogP contribution >= 0.6 is 0 Å². The van der Waals surface area contributed by atoms with Gasteiger partial charge >= 0.3 is 0 Å². The van der Waals surface area contributed by atoms with E-state index in [1.54, 1.807) is 48.2 Å². The fourth-order valence-electron chi connectivity index (χ4n) is 6.28. The summed E-state index contributed by atoms with van der Waals surface area (Å²) in [6, 6.07) is 18.6. The standard InChI is InChI=1S/C38H37N7O6/c1-22-14-26-19-39-31-18-33(32(50-4)17-28(31)38(48)45(26)20-22)51-13-5-6-35(46)42-34-21-44(2)36(43-34)37(47)40-25-9-7-23(8-10-25)30-16-24-15-27(49-3)11-12-29(24)41-30/h7-12,15-19,21,26,41H,1,5-6,13-14,20H2,2-4H3,(H,40,47)(H,42,46). The number of amides is 3. The van der Waals surface area contributed by atoms with Gasteiger partial charge in [0.2, 0.25) is 11.7 Å². The molecule has 260 valence electrons. The van der Waals surface area contributed by atoms with Crippen molar-refractivity contribution in [2.75, 3.05) is 38.0 Å². The van der Waals surface area contributed by atoms with Gasteiger partial charge in [0, 0.05) is 60.8 Å². The van der Waals surface area contributed by atoms with Crippen molar-refractivity contribution in [2.45, 2.75) is 25.3 Å². The van der Waals surface area contributed by atoms with Gasteiger partial charge in [-0.3, -0.25) is 19.4 Å². The lowest BCUT2D eigenvalue weighted by Crippen LogP contribution is -2.35. The molecule has 2 aromatic heterocycles. The number of benzene rings is 3. The molecule has 13 nitrogen and oxygen atoms in total. The summed E-state index contributed by atoms with van der Waals surface area (Å²) in [5.74, 6) is 1.22. The van der Waals surface area contributed by atoms with Crippen molar-refractivity contribution < 1.29 is 28.6 Å². The summed E-state index contributed by atoms with van der Waals surface area (Å²) in [6.45, 7) is 4.74. The second kappa shape index (κ2) is 13.9. The summed E-state index contributed by atoms with van der Waals surface area (Å²) in [7, 11) is 4.83. The summed E-state index contributed by atoms with van der Waals surface area (Å²) < 4.78 is 18.3. The van der Waals surface area contributed by atoms with E-state index >= 15 is 0 Å². The van der Waals surface area contributed by atoms with E-state index in [1.807, 2.05) is 42.5 Å². The van der Waals surface area contributed by atoms with Crippen LogP contribution in [-0.2, 0) is 11.8 Å². The number of nitrogens with zero attached hydrogens (tertiary/aromatic N) is 4. The summed E-state index contributed by atoms with van der Waals surface area (Å²) in [6.07, 6.45) is 4.60. The van der Waals surface area contributed by atoms with Crippen LogP contribution in [0.4, 0.5) is 17.2 Å². The lowest BCUT2D eigenvalue weighted by atomic mass is 10.1. The Morgan fingerprint density at radius 2 is 1.84 bits per heavy atom. The molecule has 7 rings (SSSR count). The molecule has 51 heavy (non-hydrogen) atoms. The van der Waals surface area contributed by atoms with Crippen LogP contribution in [0.1, 0.15) is 40.2 Å². The second-order valence-electron chi connectivity index (χ2n) is 12.5. The Morgan fingerprint density at radius 1 is 1.02 bits per heavy atom. The number of rotatable bonds is 11. The number of H-pyrrole nitrogens is 1. The van der Waals surface area contributed by atoms with Crippen molar-refractivity contribution in [3.63, 3.8) is 0 Å². The number of hydrogen-bond donors (Lipinski definition) is 3. The molecular formula is C38H37N7O6. The van der Waals surface area contributed by atoms with E-state index < -0.39 is 5.91 Å². The van der Waals surface area contributed by atoms with Crippen molar-refractivity contribution in [3.05, 3.63) is 90.4 Å². The molecule has 3 aromatic carbocycles. The molecule has 1 atom stereocenters. The molecule has 3 N–H and O–H groups in total. The highest BCUT2D eigenvalue weighted by molar-refractivity contribution is 6.04. The van der Waals surface area contributed by atoms with E-state index in [4.69, 9.17) is 14.2 Å². The van der Waals surface area contributed by atoms with Gasteiger partial charge in [-0.15, -0.1) is 0 Å². The molecule has 0 aliphatic carbocycles. The number of nitrogens with one attached hydrogen (secondary N) is 3. The van der Waals surface area contributed by atoms with Gasteiger partial charge in [0.1, 0.15) is 5.75 Å². The molecule has 1 fully saturated rings. The van der Waals surface area contributed by atoms with E-state index in [1.165, 1.54) is 7.11 Å². The molecule has 5 aromatic rings. The number of aromatic amines is 1. The highest BCUT2D eigenvalue weighted by atomic mass is 16.5. The minimum atomic E-state index is -0.413. The molecule has 0 bridgehead atoms. The maximum atomic E-state index is 13.2. The van der Waals surface area contributed by atoms with Crippen molar-refractivity contribution in [1.82, 2.24) is 19.4 Å². The van der Waals surface area contributed by atoms with Crippen LogP contribution in [0.15, 0.2) is 84.0 Å². The van der Waals surface area contributed by atoms with E-state index in [2.05, 4.69) is 38.2 Å². The summed E-state index contributed by atoms with van der Waals surface area (Å²) >= 11 is 0. The first-order valence-electron chi connectivity index (χ1n) is 16.5. The number of imidazole rings is 1. The van der Waals surface area contributed by atoms with Crippen LogP contribution in [0.25, 0.3) is 22.2 Å². The number of aromatic nitrogens is 3. The van der Waals surface area contributed by atoms with Crippen LogP contribution in [0, 0.1) is 0 Å². The maximum absolute atomic E-state index is 13.2. The van der Waals surface area contributed by atoms with Crippen molar-refractivity contribution >= 4 is 52.0 Å². The van der Waals surface area contributed by atoms with Gasteiger partial charge < -0.3 is 39.3 Å². The number of anilines is 2.